The fraction of sp³-hybridized carbons (Fsp3) is 0.444. The Kier molecular flexibility index (Phi) is 8.25. The van der Waals surface area contributed by atoms with Crippen molar-refractivity contribution in [1.29, 1.82) is 0 Å². The van der Waals surface area contributed by atoms with Crippen molar-refractivity contribution in [2.24, 2.45) is 11.8 Å². The topological polar surface area (TPSA) is 99.2 Å². The molecule has 3 atom stereocenters. The number of piperazine rings is 1. The van der Waals surface area contributed by atoms with Crippen LogP contribution in [0.4, 0.5) is 18.9 Å². The lowest BCUT2D eigenvalue weighted by molar-refractivity contribution is -0.208. The summed E-state index contributed by atoms with van der Waals surface area (Å²) >= 11 is 0. The summed E-state index contributed by atoms with van der Waals surface area (Å²) in [6, 6.07) is 18.8. The van der Waals surface area contributed by atoms with E-state index in [0.29, 0.717) is 26.2 Å². The molecular formula is C27H30F3N3O5. The third-order valence-corrected chi connectivity index (χ3v) is 7.22. The molecule has 2 N–H and O–H groups in total. The Hall–Kier alpha value is -3.60. The van der Waals surface area contributed by atoms with E-state index in [4.69, 9.17) is 0 Å². The third-order valence-electron chi connectivity index (χ3n) is 7.22. The van der Waals surface area contributed by atoms with E-state index in [0.717, 1.165) is 11.3 Å². The second-order valence-corrected chi connectivity index (χ2v) is 9.84. The zero-order valence-electron chi connectivity index (χ0n) is 20.7. The van der Waals surface area contributed by atoms with Crippen LogP contribution in [0, 0.1) is 11.8 Å². The first-order valence-electron chi connectivity index (χ1n) is 12.5. The lowest BCUT2D eigenvalue weighted by Gasteiger charge is -2.43. The molecule has 4 rings (SSSR count). The number of alkyl halides is 3. The first-order valence-corrected chi connectivity index (χ1v) is 12.5. The van der Waals surface area contributed by atoms with Crippen molar-refractivity contribution in [3.05, 3.63) is 66.2 Å². The maximum atomic E-state index is 13.5. The van der Waals surface area contributed by atoms with Crippen LogP contribution in [0.5, 0.6) is 0 Å². The summed E-state index contributed by atoms with van der Waals surface area (Å²) in [5.41, 5.74) is 2.07. The van der Waals surface area contributed by atoms with Gasteiger partial charge < -0.3 is 19.7 Å². The summed E-state index contributed by atoms with van der Waals surface area (Å²) < 4.78 is 37.7. The molecule has 0 unspecified atom stereocenters. The normalized spacial score (nSPS) is 24.0. The Labute approximate surface area is 218 Å². The van der Waals surface area contributed by atoms with Crippen LogP contribution in [0.2, 0.25) is 0 Å². The molecule has 0 radical (unpaired) electrons. The fourth-order valence-electron chi connectivity index (χ4n) is 5.27. The Balaban J connectivity index is 1.46. The van der Waals surface area contributed by atoms with Crippen molar-refractivity contribution in [1.82, 2.24) is 10.4 Å². The summed E-state index contributed by atoms with van der Waals surface area (Å²) in [5, 5.41) is 11.3. The molecule has 1 aliphatic heterocycles. The molecule has 1 saturated heterocycles. The quantitative estimate of drug-likeness (QED) is 0.574. The maximum Gasteiger partial charge on any atom is 0.493 e. The molecule has 2 aromatic rings. The minimum atomic E-state index is -5.29. The average Bonchev–Trinajstić information content (AvgIpc) is 2.91. The van der Waals surface area contributed by atoms with Gasteiger partial charge in [-0.3, -0.25) is 9.59 Å². The molecule has 1 heterocycles. The number of anilines is 1. The number of nitrogens with zero attached hydrogens (tertiary/aromatic N) is 2. The summed E-state index contributed by atoms with van der Waals surface area (Å²) in [7, 11) is 0. The summed E-state index contributed by atoms with van der Waals surface area (Å²) in [5.74, 6) is -5.98. The highest BCUT2D eigenvalue weighted by molar-refractivity contribution is 5.88. The number of hydroxylamine groups is 1. The molecule has 38 heavy (non-hydrogen) atoms. The molecule has 8 nitrogen and oxygen atoms in total. The van der Waals surface area contributed by atoms with Crippen molar-refractivity contribution in [2.45, 2.75) is 37.5 Å². The number of amides is 2. The van der Waals surface area contributed by atoms with E-state index >= 15 is 0 Å². The Morgan fingerprint density at radius 2 is 1.55 bits per heavy atom. The van der Waals surface area contributed by atoms with E-state index in [9.17, 15) is 32.7 Å². The number of aliphatic hydroxyl groups is 1. The highest BCUT2D eigenvalue weighted by atomic mass is 19.4. The zero-order chi connectivity index (χ0) is 27.3. The summed E-state index contributed by atoms with van der Waals surface area (Å²) in [6.07, 6.45) is -4.86. The molecule has 2 amide bonds. The van der Waals surface area contributed by atoms with Crippen molar-refractivity contribution < 1.29 is 37.5 Å². The lowest BCUT2D eigenvalue weighted by Crippen LogP contribution is -2.55. The molecule has 204 valence electrons. The number of hydrogen-bond acceptors (Lipinski definition) is 6. The van der Waals surface area contributed by atoms with E-state index in [2.05, 4.69) is 9.74 Å². The second kappa shape index (κ2) is 11.4. The zero-order valence-corrected chi connectivity index (χ0v) is 20.7. The number of halogens is 3. The molecule has 11 heteroatoms. The number of carbonyl (C=O) groups is 3. The largest absolute Gasteiger partial charge is 0.493 e. The number of benzene rings is 2. The Bertz CT molecular complexity index is 1120. The number of nitrogens with one attached hydrogen (secondary N) is 1. The molecule has 1 saturated carbocycles. The van der Waals surface area contributed by atoms with Gasteiger partial charge in [0.2, 0.25) is 5.91 Å². The lowest BCUT2D eigenvalue weighted by atomic mass is 9.68. The monoisotopic (exact) mass is 533 g/mol. The van der Waals surface area contributed by atoms with E-state index in [1.54, 1.807) is 10.4 Å². The highest BCUT2D eigenvalue weighted by Crippen LogP contribution is 2.40. The number of hydrogen-bond donors (Lipinski definition) is 2. The van der Waals surface area contributed by atoms with Crippen LogP contribution in [0.3, 0.4) is 0 Å². The molecule has 2 aliphatic rings. The van der Waals surface area contributed by atoms with Gasteiger partial charge in [0.25, 0.3) is 5.91 Å². The molecule has 1 aliphatic carbocycles. The minimum Gasteiger partial charge on any atom is -0.390 e. The Morgan fingerprint density at radius 3 is 2.16 bits per heavy atom. The predicted octanol–water partition coefficient (Wildman–Crippen LogP) is 2.86. The van der Waals surface area contributed by atoms with Gasteiger partial charge in [-0.05, 0) is 37.0 Å². The van der Waals surface area contributed by atoms with E-state index in [-0.39, 0.29) is 31.6 Å². The molecule has 2 aromatic carbocycles. The van der Waals surface area contributed by atoms with Gasteiger partial charge in [-0.1, -0.05) is 48.5 Å². The Morgan fingerprint density at radius 1 is 0.947 bits per heavy atom. The molecule has 0 bridgehead atoms. The number of rotatable bonds is 5. The van der Waals surface area contributed by atoms with Gasteiger partial charge in [0.05, 0.1) is 17.4 Å². The van der Waals surface area contributed by atoms with Gasteiger partial charge >= 0.3 is 12.1 Å². The fourth-order valence-corrected chi connectivity index (χ4v) is 5.27. The first-order chi connectivity index (χ1) is 18.1. The van der Waals surface area contributed by atoms with E-state index < -0.39 is 35.5 Å². The van der Waals surface area contributed by atoms with Crippen LogP contribution >= 0.6 is 0 Å². The van der Waals surface area contributed by atoms with Gasteiger partial charge in [0, 0.05) is 38.3 Å². The van der Waals surface area contributed by atoms with Crippen LogP contribution in [0.15, 0.2) is 60.7 Å². The van der Waals surface area contributed by atoms with Crippen LogP contribution in [-0.4, -0.2) is 65.7 Å². The molecule has 0 aromatic heterocycles. The maximum absolute atomic E-state index is 13.5. The van der Waals surface area contributed by atoms with Crippen molar-refractivity contribution in [3.63, 3.8) is 0 Å². The molecule has 0 spiro atoms. The molecule has 2 fully saturated rings. The smallest absolute Gasteiger partial charge is 0.390 e. The SMILES string of the molecule is O=C(NOC(=O)C(F)(F)F)[C@H]1C[C@@](O)(Cc2ccccc2)CC[C@@H]1C(=O)N1CCN(c2ccccc2)CC1. The van der Waals surface area contributed by atoms with Crippen molar-refractivity contribution >= 4 is 23.5 Å². The van der Waals surface area contributed by atoms with E-state index in [1.807, 2.05) is 60.7 Å². The average molecular weight is 534 g/mol. The first kappa shape index (κ1) is 27.4. The third kappa shape index (κ3) is 6.63. The van der Waals surface area contributed by atoms with Gasteiger partial charge in [-0.15, -0.1) is 0 Å². The minimum absolute atomic E-state index is 0.159. The number of carbonyl (C=O) groups excluding carboxylic acids is 3. The number of para-hydroxylation sites is 1. The highest BCUT2D eigenvalue weighted by Gasteiger charge is 2.48. The standard InChI is InChI=1S/C27H30F3N3O5/c28-27(29,30)25(36)38-31-23(34)22-18-26(37,17-19-7-3-1-4-8-19)12-11-21(22)24(35)33-15-13-32(14-16-33)20-9-5-2-6-10-20/h1-10,21-22,37H,11-18H2,(H,31,34)/t21-,22-,26-/m0/s1. The molecular weight excluding hydrogens is 503 g/mol. The van der Waals surface area contributed by atoms with Crippen LogP contribution in [0.1, 0.15) is 24.8 Å². The van der Waals surface area contributed by atoms with Crippen LogP contribution in [-0.2, 0) is 25.6 Å². The van der Waals surface area contributed by atoms with Gasteiger partial charge in [0.15, 0.2) is 0 Å². The second-order valence-electron chi connectivity index (χ2n) is 9.84. The van der Waals surface area contributed by atoms with E-state index in [1.165, 1.54) is 0 Å². The predicted molar refractivity (Wildman–Crippen MR) is 131 cm³/mol. The summed E-state index contributed by atoms with van der Waals surface area (Å²) in [6.45, 7) is 1.99. The van der Waals surface area contributed by atoms with Gasteiger partial charge in [-0.2, -0.15) is 18.7 Å². The van der Waals surface area contributed by atoms with Crippen LogP contribution < -0.4 is 10.4 Å². The van der Waals surface area contributed by atoms with Gasteiger partial charge in [0.1, 0.15) is 0 Å². The van der Waals surface area contributed by atoms with Crippen LogP contribution in [0.25, 0.3) is 0 Å². The van der Waals surface area contributed by atoms with Crippen molar-refractivity contribution in [2.75, 3.05) is 31.1 Å². The summed E-state index contributed by atoms with van der Waals surface area (Å²) in [4.78, 5) is 45.4. The van der Waals surface area contributed by atoms with Crippen molar-refractivity contribution in [3.8, 4) is 0 Å². The van der Waals surface area contributed by atoms with Gasteiger partial charge in [-0.25, -0.2) is 4.79 Å².